The molecule has 4 aromatic rings. The van der Waals surface area contributed by atoms with Crippen molar-refractivity contribution < 1.29 is 13.2 Å². The minimum Gasteiger partial charge on any atom is -0.321 e. The van der Waals surface area contributed by atoms with Crippen LogP contribution in [0.25, 0.3) is 16.8 Å². The lowest BCUT2D eigenvalue weighted by atomic mass is 10.0. The van der Waals surface area contributed by atoms with Crippen LogP contribution in [0.2, 0.25) is 0 Å². The molecule has 1 amide bonds. The van der Waals surface area contributed by atoms with Crippen molar-refractivity contribution >= 4 is 39.0 Å². The molecule has 2 aromatic carbocycles. The summed E-state index contributed by atoms with van der Waals surface area (Å²) in [5, 5.41) is 7.59. The van der Waals surface area contributed by atoms with Gasteiger partial charge in [-0.3, -0.25) is 4.79 Å². The van der Waals surface area contributed by atoms with Gasteiger partial charge in [-0.25, -0.2) is 17.9 Å². The number of amides is 1. The summed E-state index contributed by atoms with van der Waals surface area (Å²) in [6, 6.07) is 14.8. The van der Waals surface area contributed by atoms with E-state index in [1.54, 1.807) is 35.3 Å². The van der Waals surface area contributed by atoms with E-state index in [2.05, 4.69) is 10.4 Å². The molecule has 0 saturated carbocycles. The summed E-state index contributed by atoms with van der Waals surface area (Å²) >= 11 is 1.59. The first-order valence-corrected chi connectivity index (χ1v) is 14.8. The molecule has 0 spiro atoms. The van der Waals surface area contributed by atoms with Crippen molar-refractivity contribution in [3.05, 3.63) is 71.2 Å². The molecule has 0 aliphatic carbocycles. The highest BCUT2D eigenvalue weighted by molar-refractivity contribution is 7.98. The van der Waals surface area contributed by atoms with E-state index < -0.39 is 10.0 Å². The van der Waals surface area contributed by atoms with Gasteiger partial charge in [-0.15, -0.1) is 11.8 Å². The molecule has 1 fully saturated rings. The van der Waals surface area contributed by atoms with Gasteiger partial charge < -0.3 is 5.32 Å². The minimum atomic E-state index is -3.66. The first kappa shape index (κ1) is 25.4. The molecule has 8 nitrogen and oxygen atoms in total. The quantitative estimate of drug-likeness (QED) is 0.346. The van der Waals surface area contributed by atoms with E-state index in [1.165, 1.54) is 4.31 Å². The first-order valence-electron chi connectivity index (χ1n) is 12.1. The Morgan fingerprint density at radius 3 is 2.51 bits per heavy atom. The molecule has 1 saturated heterocycles. The zero-order valence-corrected chi connectivity index (χ0v) is 22.9. The first-order chi connectivity index (χ1) is 17.7. The fraction of sp³-hybridized carbons (Fsp3) is 0.296. The maximum Gasteiger partial charge on any atom is 0.276 e. The van der Waals surface area contributed by atoms with Gasteiger partial charge in [-0.2, -0.15) is 9.40 Å². The van der Waals surface area contributed by atoms with Gasteiger partial charge in [0.05, 0.1) is 10.5 Å². The van der Waals surface area contributed by atoms with E-state index >= 15 is 0 Å². The van der Waals surface area contributed by atoms with Crippen molar-refractivity contribution in [1.82, 2.24) is 18.9 Å². The highest BCUT2D eigenvalue weighted by Gasteiger charge is 2.30. The van der Waals surface area contributed by atoms with Crippen LogP contribution >= 0.6 is 11.8 Å². The maximum absolute atomic E-state index is 13.6. The van der Waals surface area contributed by atoms with Gasteiger partial charge in [-0.1, -0.05) is 18.2 Å². The van der Waals surface area contributed by atoms with E-state index in [0.717, 1.165) is 29.1 Å². The Balaban J connectivity index is 1.67. The number of rotatable bonds is 6. The van der Waals surface area contributed by atoms with Crippen LogP contribution in [0.1, 0.15) is 40.3 Å². The highest BCUT2D eigenvalue weighted by Crippen LogP contribution is 2.33. The van der Waals surface area contributed by atoms with Crippen molar-refractivity contribution in [3.8, 4) is 11.1 Å². The average Bonchev–Trinajstić information content (AvgIpc) is 3.54. The number of benzene rings is 2. The van der Waals surface area contributed by atoms with E-state index in [-0.39, 0.29) is 16.5 Å². The van der Waals surface area contributed by atoms with Crippen LogP contribution in [0.3, 0.4) is 0 Å². The molecule has 0 bridgehead atoms. The predicted octanol–water partition coefficient (Wildman–Crippen LogP) is 5.08. The number of aromatic nitrogens is 3. The van der Waals surface area contributed by atoms with E-state index in [1.807, 2.05) is 56.5 Å². The second kappa shape index (κ2) is 9.92. The molecule has 1 aliphatic rings. The van der Waals surface area contributed by atoms with Gasteiger partial charge in [0, 0.05) is 35.1 Å². The van der Waals surface area contributed by atoms with Crippen LogP contribution in [0.5, 0.6) is 0 Å². The summed E-state index contributed by atoms with van der Waals surface area (Å²) in [6.07, 6.45) is 3.69. The lowest BCUT2D eigenvalue weighted by molar-refractivity contribution is 0.102. The Labute approximate surface area is 221 Å². The molecular weight excluding hydrogens is 506 g/mol. The topological polar surface area (TPSA) is 96.7 Å². The Kier molecular flexibility index (Phi) is 6.82. The molecule has 5 rings (SSSR count). The van der Waals surface area contributed by atoms with Gasteiger partial charge in [0.15, 0.2) is 11.3 Å². The lowest BCUT2D eigenvalue weighted by Crippen LogP contribution is -2.28. The van der Waals surface area contributed by atoms with Crippen molar-refractivity contribution in [2.45, 2.75) is 43.4 Å². The molecule has 2 aromatic heterocycles. The Morgan fingerprint density at radius 1 is 1.03 bits per heavy atom. The number of carbonyl (C=O) groups is 1. The largest absolute Gasteiger partial charge is 0.321 e. The summed E-state index contributed by atoms with van der Waals surface area (Å²) < 4.78 is 30.1. The van der Waals surface area contributed by atoms with Crippen molar-refractivity contribution in [1.29, 1.82) is 0 Å². The molecule has 1 N–H and O–H groups in total. The van der Waals surface area contributed by atoms with Gasteiger partial charge >= 0.3 is 0 Å². The fourth-order valence-corrected chi connectivity index (χ4v) is 6.97. The van der Waals surface area contributed by atoms with Crippen LogP contribution in [0.15, 0.2) is 58.3 Å². The molecule has 3 heterocycles. The molecular formula is C27H29N5O3S2. The zero-order valence-electron chi connectivity index (χ0n) is 21.3. The van der Waals surface area contributed by atoms with Crippen LogP contribution in [0, 0.1) is 20.8 Å². The normalized spacial score (nSPS) is 14.4. The average molecular weight is 536 g/mol. The summed E-state index contributed by atoms with van der Waals surface area (Å²) in [5.74, 6) is -0.389. The number of fused-ring (bicyclic) bond motifs is 1. The SMILES string of the molecule is CSc1cccc(NC(=O)c2nn3c(C)cc(C)nc3c2-c2ccc(C)c(S(=O)(=O)N3CCCC3)c2)c1. The number of hydrogen-bond acceptors (Lipinski definition) is 6. The Morgan fingerprint density at radius 2 is 1.78 bits per heavy atom. The summed E-state index contributed by atoms with van der Waals surface area (Å²) in [4.78, 5) is 19.6. The van der Waals surface area contributed by atoms with E-state index in [0.29, 0.717) is 41.1 Å². The number of thioether (sulfide) groups is 1. The Hall–Kier alpha value is -3.21. The number of aryl methyl sites for hydroxylation is 3. The van der Waals surface area contributed by atoms with Crippen molar-refractivity contribution in [2.24, 2.45) is 0 Å². The van der Waals surface area contributed by atoms with Gasteiger partial charge in [0.1, 0.15) is 0 Å². The third-order valence-corrected chi connectivity index (χ3v) is 9.36. The van der Waals surface area contributed by atoms with Crippen LogP contribution < -0.4 is 5.32 Å². The number of nitrogens with zero attached hydrogens (tertiary/aromatic N) is 4. The van der Waals surface area contributed by atoms with Gasteiger partial charge in [-0.05, 0) is 81.3 Å². The second-order valence-corrected chi connectivity index (χ2v) is 12.1. The monoisotopic (exact) mass is 535 g/mol. The molecule has 1 aliphatic heterocycles. The van der Waals surface area contributed by atoms with Crippen LogP contribution in [-0.4, -0.2) is 52.6 Å². The van der Waals surface area contributed by atoms with Gasteiger partial charge in [0.2, 0.25) is 10.0 Å². The summed E-state index contributed by atoms with van der Waals surface area (Å²) in [7, 11) is -3.66. The molecule has 0 atom stereocenters. The van der Waals surface area contributed by atoms with Gasteiger partial charge in [0.25, 0.3) is 5.91 Å². The van der Waals surface area contributed by atoms with Crippen LogP contribution in [-0.2, 0) is 10.0 Å². The van der Waals surface area contributed by atoms with E-state index in [4.69, 9.17) is 4.98 Å². The van der Waals surface area contributed by atoms with Crippen molar-refractivity contribution in [2.75, 3.05) is 24.7 Å². The number of carbonyl (C=O) groups excluding carboxylic acids is 1. The Bertz CT molecular complexity index is 1620. The zero-order chi connectivity index (χ0) is 26.3. The fourth-order valence-electron chi connectivity index (χ4n) is 4.74. The number of nitrogens with one attached hydrogen (secondary N) is 1. The van der Waals surface area contributed by atoms with Crippen LogP contribution in [0.4, 0.5) is 5.69 Å². The lowest BCUT2D eigenvalue weighted by Gasteiger charge is -2.18. The molecule has 0 radical (unpaired) electrons. The second-order valence-electron chi connectivity index (χ2n) is 9.28. The summed E-state index contributed by atoms with van der Waals surface area (Å²) in [6.45, 7) is 6.62. The third-order valence-electron chi connectivity index (χ3n) is 6.60. The van der Waals surface area contributed by atoms with E-state index in [9.17, 15) is 13.2 Å². The smallest absolute Gasteiger partial charge is 0.276 e. The van der Waals surface area contributed by atoms with Crippen molar-refractivity contribution in [3.63, 3.8) is 0 Å². The minimum absolute atomic E-state index is 0.184. The predicted molar refractivity (Wildman–Crippen MR) is 147 cm³/mol. The molecule has 192 valence electrons. The number of hydrogen-bond donors (Lipinski definition) is 1. The highest BCUT2D eigenvalue weighted by atomic mass is 32.2. The third kappa shape index (κ3) is 4.76. The summed E-state index contributed by atoms with van der Waals surface area (Å²) in [5.41, 5.74) is 4.70. The standard InChI is InChI=1S/C27H29N5O3S2/c1-17-10-11-20(15-23(17)37(34,35)31-12-5-6-13-31)24-25(30-32-19(3)14-18(2)28-26(24)32)27(33)29-21-8-7-9-22(16-21)36-4/h7-11,14-16H,5-6,12-13H2,1-4H3,(H,29,33). The number of sulfonamides is 1. The molecule has 37 heavy (non-hydrogen) atoms. The maximum atomic E-state index is 13.6. The molecule has 10 heteroatoms. The molecule has 0 unspecified atom stereocenters. The number of anilines is 1.